The topological polar surface area (TPSA) is 25.0 Å². The number of piperazine rings is 2. The monoisotopic (exact) mass is 343 g/mol. The standard InChI is InChI=1S/C20H33N5/c1-2-4-19(5-3-1)24-14-10-22(11-15-24)8-9-23-12-16-25(17-13-23)20-6-7-21-18-20/h1-5,20-21H,6-18H2/t20-/m0/s1. The van der Waals surface area contributed by atoms with E-state index in [-0.39, 0.29) is 0 Å². The predicted molar refractivity (Wildman–Crippen MR) is 104 cm³/mol. The first-order valence-electron chi connectivity index (χ1n) is 10.1. The van der Waals surface area contributed by atoms with Crippen molar-refractivity contribution in [3.8, 4) is 0 Å². The summed E-state index contributed by atoms with van der Waals surface area (Å²) in [5, 5.41) is 3.50. The molecule has 5 nitrogen and oxygen atoms in total. The van der Waals surface area contributed by atoms with Crippen LogP contribution in [-0.2, 0) is 0 Å². The lowest BCUT2D eigenvalue weighted by molar-refractivity contribution is 0.0927. The summed E-state index contributed by atoms with van der Waals surface area (Å²) in [4.78, 5) is 10.5. The van der Waals surface area contributed by atoms with Crippen LogP contribution < -0.4 is 10.2 Å². The van der Waals surface area contributed by atoms with Crippen molar-refractivity contribution in [1.29, 1.82) is 0 Å². The Hall–Kier alpha value is -1.14. The van der Waals surface area contributed by atoms with E-state index in [1.165, 1.54) is 77.6 Å². The third-order valence-electron chi connectivity index (χ3n) is 6.18. The molecule has 0 aliphatic carbocycles. The van der Waals surface area contributed by atoms with Gasteiger partial charge >= 0.3 is 0 Å². The van der Waals surface area contributed by atoms with Gasteiger partial charge in [0.1, 0.15) is 0 Å². The van der Waals surface area contributed by atoms with Crippen LogP contribution in [0.5, 0.6) is 0 Å². The van der Waals surface area contributed by atoms with Crippen LogP contribution in [0.2, 0.25) is 0 Å². The van der Waals surface area contributed by atoms with Crippen LogP contribution in [-0.4, -0.2) is 99.3 Å². The summed E-state index contributed by atoms with van der Waals surface area (Å²) in [6.45, 7) is 14.6. The summed E-state index contributed by atoms with van der Waals surface area (Å²) in [6, 6.07) is 11.6. The molecule has 3 heterocycles. The smallest absolute Gasteiger partial charge is 0.0367 e. The van der Waals surface area contributed by atoms with Crippen LogP contribution in [0.1, 0.15) is 6.42 Å². The first-order valence-corrected chi connectivity index (χ1v) is 10.1. The summed E-state index contributed by atoms with van der Waals surface area (Å²) < 4.78 is 0. The Morgan fingerprint density at radius 1 is 0.800 bits per heavy atom. The zero-order chi connectivity index (χ0) is 16.9. The second-order valence-electron chi connectivity index (χ2n) is 7.69. The molecule has 3 aliphatic heterocycles. The van der Waals surface area contributed by atoms with Gasteiger partial charge in [0, 0.05) is 83.7 Å². The number of anilines is 1. The molecule has 5 heteroatoms. The molecule has 0 saturated carbocycles. The van der Waals surface area contributed by atoms with E-state index < -0.39 is 0 Å². The van der Waals surface area contributed by atoms with Crippen molar-refractivity contribution in [2.45, 2.75) is 12.5 Å². The average Bonchev–Trinajstić information content (AvgIpc) is 3.23. The van der Waals surface area contributed by atoms with Crippen LogP contribution in [0.4, 0.5) is 5.69 Å². The largest absolute Gasteiger partial charge is 0.369 e. The number of nitrogens with one attached hydrogen (secondary N) is 1. The van der Waals surface area contributed by atoms with Gasteiger partial charge in [0.15, 0.2) is 0 Å². The summed E-state index contributed by atoms with van der Waals surface area (Å²) in [5.41, 5.74) is 1.37. The third-order valence-corrected chi connectivity index (χ3v) is 6.18. The molecule has 1 aromatic rings. The van der Waals surface area contributed by atoms with Gasteiger partial charge in [-0.1, -0.05) is 18.2 Å². The van der Waals surface area contributed by atoms with Crippen LogP contribution in [0.25, 0.3) is 0 Å². The van der Waals surface area contributed by atoms with Crippen molar-refractivity contribution in [3.05, 3.63) is 30.3 Å². The maximum absolute atomic E-state index is 3.50. The summed E-state index contributed by atoms with van der Waals surface area (Å²) in [7, 11) is 0. The van der Waals surface area contributed by atoms with E-state index in [9.17, 15) is 0 Å². The van der Waals surface area contributed by atoms with Crippen molar-refractivity contribution < 1.29 is 0 Å². The van der Waals surface area contributed by atoms with Gasteiger partial charge in [-0.3, -0.25) is 14.7 Å². The molecule has 0 amide bonds. The van der Waals surface area contributed by atoms with E-state index in [1.807, 2.05) is 0 Å². The molecule has 1 atom stereocenters. The highest BCUT2D eigenvalue weighted by molar-refractivity contribution is 5.46. The Morgan fingerprint density at radius 2 is 1.44 bits per heavy atom. The summed E-state index contributed by atoms with van der Waals surface area (Å²) >= 11 is 0. The fourth-order valence-corrected chi connectivity index (χ4v) is 4.45. The first kappa shape index (κ1) is 17.3. The average molecular weight is 344 g/mol. The molecule has 1 N–H and O–H groups in total. The molecular formula is C20H33N5. The maximum Gasteiger partial charge on any atom is 0.0367 e. The molecule has 3 fully saturated rings. The number of benzene rings is 1. The number of hydrogen-bond acceptors (Lipinski definition) is 5. The zero-order valence-electron chi connectivity index (χ0n) is 15.4. The van der Waals surface area contributed by atoms with E-state index in [4.69, 9.17) is 0 Å². The van der Waals surface area contributed by atoms with E-state index in [1.54, 1.807) is 0 Å². The van der Waals surface area contributed by atoms with Crippen LogP contribution in [0, 0.1) is 0 Å². The van der Waals surface area contributed by atoms with E-state index in [0.717, 1.165) is 19.1 Å². The van der Waals surface area contributed by atoms with Crippen LogP contribution in [0.15, 0.2) is 30.3 Å². The van der Waals surface area contributed by atoms with Crippen molar-refractivity contribution in [2.24, 2.45) is 0 Å². The van der Waals surface area contributed by atoms with Gasteiger partial charge in [0.05, 0.1) is 0 Å². The third kappa shape index (κ3) is 4.53. The van der Waals surface area contributed by atoms with Crippen LogP contribution in [0.3, 0.4) is 0 Å². The molecular weight excluding hydrogens is 310 g/mol. The highest BCUT2D eigenvalue weighted by atomic mass is 15.3. The Morgan fingerprint density at radius 3 is 2.04 bits per heavy atom. The van der Waals surface area contributed by atoms with Crippen molar-refractivity contribution in [3.63, 3.8) is 0 Å². The first-order chi connectivity index (χ1) is 12.4. The van der Waals surface area contributed by atoms with Gasteiger partial charge in [0.25, 0.3) is 0 Å². The molecule has 4 rings (SSSR count). The Bertz CT molecular complexity index is 500. The molecule has 3 aliphatic rings. The molecule has 25 heavy (non-hydrogen) atoms. The number of nitrogens with zero attached hydrogens (tertiary/aromatic N) is 4. The normalized spacial score (nSPS) is 27.0. The Balaban J connectivity index is 1.14. The lowest BCUT2D eigenvalue weighted by atomic mass is 10.2. The van der Waals surface area contributed by atoms with Gasteiger partial charge in [-0.2, -0.15) is 0 Å². The highest BCUT2D eigenvalue weighted by Crippen LogP contribution is 2.16. The minimum atomic E-state index is 0.799. The fourth-order valence-electron chi connectivity index (χ4n) is 4.45. The van der Waals surface area contributed by atoms with Gasteiger partial charge < -0.3 is 10.2 Å². The maximum atomic E-state index is 3.50. The van der Waals surface area contributed by atoms with Crippen molar-refractivity contribution in [1.82, 2.24) is 20.0 Å². The minimum Gasteiger partial charge on any atom is -0.369 e. The number of rotatable bonds is 5. The lowest BCUT2D eigenvalue weighted by Crippen LogP contribution is -2.53. The van der Waals surface area contributed by atoms with Gasteiger partial charge in [0.2, 0.25) is 0 Å². The SMILES string of the molecule is c1ccc(N2CCN(CCN3CCN([C@H]4CCNC4)CC3)CC2)cc1. The molecule has 0 radical (unpaired) electrons. The summed E-state index contributed by atoms with van der Waals surface area (Å²) in [5.74, 6) is 0. The number of para-hydroxylation sites is 1. The molecule has 0 spiro atoms. The molecule has 0 unspecified atom stereocenters. The Kier molecular flexibility index (Phi) is 5.87. The van der Waals surface area contributed by atoms with E-state index in [2.05, 4.69) is 55.2 Å². The van der Waals surface area contributed by atoms with Gasteiger partial charge in [-0.25, -0.2) is 0 Å². The fraction of sp³-hybridized carbons (Fsp3) is 0.700. The van der Waals surface area contributed by atoms with E-state index in [0.29, 0.717) is 0 Å². The van der Waals surface area contributed by atoms with Gasteiger partial charge in [-0.15, -0.1) is 0 Å². The highest BCUT2D eigenvalue weighted by Gasteiger charge is 2.26. The van der Waals surface area contributed by atoms with Crippen molar-refractivity contribution >= 4 is 5.69 Å². The molecule has 0 aromatic heterocycles. The summed E-state index contributed by atoms with van der Waals surface area (Å²) in [6.07, 6.45) is 1.34. The van der Waals surface area contributed by atoms with E-state index >= 15 is 0 Å². The van der Waals surface area contributed by atoms with Crippen molar-refractivity contribution in [2.75, 3.05) is 83.4 Å². The van der Waals surface area contributed by atoms with Gasteiger partial charge in [-0.05, 0) is 25.1 Å². The van der Waals surface area contributed by atoms with Crippen LogP contribution >= 0.6 is 0 Å². The molecule has 3 saturated heterocycles. The second kappa shape index (κ2) is 8.49. The predicted octanol–water partition coefficient (Wildman–Crippen LogP) is 0.788. The minimum absolute atomic E-state index is 0.799. The lowest BCUT2D eigenvalue weighted by Gasteiger charge is -2.40. The Labute approximate surface area is 152 Å². The number of hydrogen-bond donors (Lipinski definition) is 1. The molecule has 138 valence electrons. The molecule has 1 aromatic carbocycles. The second-order valence-corrected chi connectivity index (χ2v) is 7.69. The quantitative estimate of drug-likeness (QED) is 0.852. The molecule has 0 bridgehead atoms. The zero-order valence-corrected chi connectivity index (χ0v) is 15.4.